The Morgan fingerprint density at radius 1 is 1.07 bits per heavy atom. The summed E-state index contributed by atoms with van der Waals surface area (Å²) in [4.78, 5) is 31.2. The Morgan fingerprint density at radius 2 is 1.64 bits per heavy atom. The molecule has 0 radical (unpaired) electrons. The van der Waals surface area contributed by atoms with Gasteiger partial charge < -0.3 is 9.64 Å². The molecular formula is C21H25N3O3S. The predicted octanol–water partition coefficient (Wildman–Crippen LogP) is 3.93. The minimum atomic E-state index is -0.397. The Bertz CT molecular complexity index is 820. The monoisotopic (exact) mass is 399 g/mol. The molecule has 0 aromatic heterocycles. The first-order valence-corrected chi connectivity index (χ1v) is 9.97. The van der Waals surface area contributed by atoms with Gasteiger partial charge in [-0.05, 0) is 36.4 Å². The van der Waals surface area contributed by atoms with Crippen LogP contribution in [0.1, 0.15) is 16.7 Å². The number of hydrogen-bond acceptors (Lipinski definition) is 4. The normalized spacial score (nSPS) is 11.1. The smallest absolute Gasteiger partial charge is 0.346 e. The first kappa shape index (κ1) is 21.5. The molecule has 0 aliphatic heterocycles. The van der Waals surface area contributed by atoms with E-state index in [-0.39, 0.29) is 0 Å². The highest BCUT2D eigenvalue weighted by Gasteiger charge is 2.15. The van der Waals surface area contributed by atoms with Gasteiger partial charge in [-0.3, -0.25) is 9.69 Å². The van der Waals surface area contributed by atoms with Crippen LogP contribution in [0.5, 0.6) is 5.75 Å². The van der Waals surface area contributed by atoms with Crippen LogP contribution in [0.3, 0.4) is 0 Å². The van der Waals surface area contributed by atoms with Crippen LogP contribution in [0.15, 0.2) is 53.5 Å². The van der Waals surface area contributed by atoms with Gasteiger partial charge in [0.2, 0.25) is 6.41 Å². The van der Waals surface area contributed by atoms with E-state index in [9.17, 15) is 9.59 Å². The number of aryl methyl sites for hydroxylation is 1. The van der Waals surface area contributed by atoms with Crippen molar-refractivity contribution in [2.75, 3.05) is 20.4 Å². The summed E-state index contributed by atoms with van der Waals surface area (Å²) < 4.78 is 5.14. The van der Waals surface area contributed by atoms with Crippen molar-refractivity contribution in [3.05, 3.63) is 65.2 Å². The lowest BCUT2D eigenvalue weighted by Crippen LogP contribution is -2.30. The summed E-state index contributed by atoms with van der Waals surface area (Å²) in [7, 11) is 3.29. The second-order valence-electron chi connectivity index (χ2n) is 6.30. The summed E-state index contributed by atoms with van der Waals surface area (Å²) in [5, 5.41) is 0.353. The molecule has 2 aromatic carbocycles. The number of carbonyl (C=O) groups is 2. The van der Waals surface area contributed by atoms with Crippen LogP contribution in [-0.4, -0.2) is 47.8 Å². The number of urea groups is 1. The maximum atomic E-state index is 12.5. The van der Waals surface area contributed by atoms with Crippen LogP contribution in [0.25, 0.3) is 0 Å². The first-order valence-electron chi connectivity index (χ1n) is 8.75. The SMILES string of the molecule is COc1ccc(CN(C=O)/C(=N\C(=O)N(C)Cc2ccc(C)cc2)SC)cc1. The summed E-state index contributed by atoms with van der Waals surface area (Å²) in [5.41, 5.74) is 3.10. The molecule has 0 spiro atoms. The van der Waals surface area contributed by atoms with Gasteiger partial charge in [-0.1, -0.05) is 53.7 Å². The zero-order valence-electron chi connectivity index (χ0n) is 16.6. The molecule has 0 atom stereocenters. The third-order valence-corrected chi connectivity index (χ3v) is 4.82. The molecule has 0 N–H and O–H groups in total. The lowest BCUT2D eigenvalue weighted by atomic mass is 10.1. The fourth-order valence-corrected chi connectivity index (χ4v) is 3.02. The van der Waals surface area contributed by atoms with Gasteiger partial charge in [0.1, 0.15) is 5.75 Å². The summed E-state index contributed by atoms with van der Waals surface area (Å²) >= 11 is 1.26. The van der Waals surface area contributed by atoms with E-state index in [0.717, 1.165) is 16.9 Å². The fourth-order valence-electron chi connectivity index (χ4n) is 2.51. The third-order valence-electron chi connectivity index (χ3n) is 4.13. The van der Waals surface area contributed by atoms with E-state index in [4.69, 9.17) is 4.74 Å². The average Bonchev–Trinajstić information content (AvgIpc) is 2.72. The molecule has 0 heterocycles. The predicted molar refractivity (Wildman–Crippen MR) is 114 cm³/mol. The van der Waals surface area contributed by atoms with Gasteiger partial charge in [-0.2, -0.15) is 4.99 Å². The maximum absolute atomic E-state index is 12.5. The van der Waals surface area contributed by atoms with Gasteiger partial charge in [0.15, 0.2) is 5.17 Å². The highest BCUT2D eigenvalue weighted by atomic mass is 32.2. The molecule has 0 unspecified atom stereocenters. The van der Waals surface area contributed by atoms with Gasteiger partial charge in [0, 0.05) is 13.6 Å². The van der Waals surface area contributed by atoms with Crippen LogP contribution >= 0.6 is 11.8 Å². The van der Waals surface area contributed by atoms with Crippen molar-refractivity contribution in [3.63, 3.8) is 0 Å². The van der Waals surface area contributed by atoms with E-state index in [2.05, 4.69) is 4.99 Å². The Balaban J connectivity index is 2.08. The van der Waals surface area contributed by atoms with Crippen molar-refractivity contribution in [1.29, 1.82) is 0 Å². The number of thioether (sulfide) groups is 1. The number of ether oxygens (including phenoxy) is 1. The molecule has 6 nitrogen and oxygen atoms in total. The zero-order valence-corrected chi connectivity index (χ0v) is 17.4. The van der Waals surface area contributed by atoms with E-state index < -0.39 is 6.03 Å². The lowest BCUT2D eigenvalue weighted by Gasteiger charge is -2.20. The number of amides is 3. The minimum absolute atomic E-state index is 0.322. The summed E-state index contributed by atoms with van der Waals surface area (Å²) in [6.45, 7) is 2.79. The van der Waals surface area contributed by atoms with Crippen LogP contribution in [0.4, 0.5) is 4.79 Å². The van der Waals surface area contributed by atoms with Crippen molar-refractivity contribution in [3.8, 4) is 5.75 Å². The van der Waals surface area contributed by atoms with Crippen molar-refractivity contribution in [2.45, 2.75) is 20.0 Å². The van der Waals surface area contributed by atoms with E-state index in [0.29, 0.717) is 24.7 Å². The highest BCUT2D eigenvalue weighted by molar-refractivity contribution is 8.13. The minimum Gasteiger partial charge on any atom is -0.497 e. The van der Waals surface area contributed by atoms with Crippen molar-refractivity contribution >= 4 is 29.4 Å². The summed E-state index contributed by atoms with van der Waals surface area (Å²) in [5.74, 6) is 0.744. The number of rotatable bonds is 6. The molecule has 7 heteroatoms. The largest absolute Gasteiger partial charge is 0.497 e. The Kier molecular flexibility index (Phi) is 8.07. The van der Waals surface area contributed by atoms with Gasteiger partial charge >= 0.3 is 6.03 Å². The van der Waals surface area contributed by atoms with Crippen LogP contribution in [0.2, 0.25) is 0 Å². The van der Waals surface area contributed by atoms with E-state index in [1.807, 2.05) is 55.5 Å². The van der Waals surface area contributed by atoms with Crippen molar-refractivity contribution in [2.24, 2.45) is 4.99 Å². The Labute approximate surface area is 170 Å². The maximum Gasteiger partial charge on any atom is 0.346 e. The van der Waals surface area contributed by atoms with E-state index in [1.54, 1.807) is 20.4 Å². The van der Waals surface area contributed by atoms with Gasteiger partial charge in [-0.25, -0.2) is 4.79 Å². The van der Waals surface area contributed by atoms with Gasteiger partial charge in [0.25, 0.3) is 0 Å². The molecule has 0 bridgehead atoms. The number of aliphatic imine (C=N–C) groups is 1. The Morgan fingerprint density at radius 3 is 2.18 bits per heavy atom. The molecular weight excluding hydrogens is 374 g/mol. The lowest BCUT2D eigenvalue weighted by molar-refractivity contribution is -0.115. The third kappa shape index (κ3) is 6.13. The van der Waals surface area contributed by atoms with Crippen LogP contribution in [-0.2, 0) is 17.9 Å². The first-order chi connectivity index (χ1) is 13.5. The Hall–Kier alpha value is -2.80. The van der Waals surface area contributed by atoms with E-state index >= 15 is 0 Å². The van der Waals surface area contributed by atoms with E-state index in [1.165, 1.54) is 27.1 Å². The molecule has 0 saturated heterocycles. The zero-order chi connectivity index (χ0) is 20.5. The van der Waals surface area contributed by atoms with Crippen molar-refractivity contribution in [1.82, 2.24) is 9.80 Å². The molecule has 0 aliphatic rings. The molecule has 0 aliphatic carbocycles. The van der Waals surface area contributed by atoms with Crippen LogP contribution < -0.4 is 4.74 Å². The molecule has 0 fully saturated rings. The number of amidine groups is 1. The molecule has 28 heavy (non-hydrogen) atoms. The molecule has 148 valence electrons. The molecule has 0 saturated carbocycles. The fraction of sp³-hybridized carbons (Fsp3) is 0.286. The summed E-state index contributed by atoms with van der Waals surface area (Å²) in [6, 6.07) is 15.0. The molecule has 3 amide bonds. The number of methoxy groups -OCH3 is 1. The van der Waals surface area contributed by atoms with Gasteiger partial charge in [0.05, 0.1) is 13.7 Å². The molecule has 2 rings (SSSR count). The average molecular weight is 400 g/mol. The molecule has 2 aromatic rings. The number of benzene rings is 2. The summed E-state index contributed by atoms with van der Waals surface area (Å²) in [6.07, 6.45) is 2.48. The van der Waals surface area contributed by atoms with Crippen LogP contribution in [0, 0.1) is 6.92 Å². The second-order valence-corrected chi connectivity index (χ2v) is 7.08. The second kappa shape index (κ2) is 10.5. The van der Waals surface area contributed by atoms with Crippen molar-refractivity contribution < 1.29 is 14.3 Å². The number of carbonyl (C=O) groups excluding carboxylic acids is 2. The number of nitrogens with zero attached hydrogens (tertiary/aromatic N) is 3. The number of hydrogen-bond donors (Lipinski definition) is 0. The highest BCUT2D eigenvalue weighted by Crippen LogP contribution is 2.15. The quantitative estimate of drug-likeness (QED) is 0.419. The van der Waals surface area contributed by atoms with Gasteiger partial charge in [-0.15, -0.1) is 0 Å². The standard InChI is InChI=1S/C21H25N3O3S/c1-16-5-7-17(8-6-16)13-23(2)20(26)22-21(28-4)24(15-25)14-18-9-11-19(27-3)12-10-18/h5-12,15H,13-14H2,1-4H3/b22-21+. The topological polar surface area (TPSA) is 62.2 Å².